The number of amides is 2. The quantitative estimate of drug-likeness (QED) is 0.314. The van der Waals surface area contributed by atoms with Crippen LogP contribution in [0.3, 0.4) is 0 Å². The molecule has 6 nitrogen and oxygen atoms in total. The van der Waals surface area contributed by atoms with E-state index in [-0.39, 0.29) is 24.2 Å². The molecule has 1 fully saturated rings. The van der Waals surface area contributed by atoms with Gasteiger partial charge in [0.1, 0.15) is 4.32 Å². The first-order valence-electron chi connectivity index (χ1n) is 10.9. The third kappa shape index (κ3) is 4.86. The van der Waals surface area contributed by atoms with Gasteiger partial charge in [0.2, 0.25) is 0 Å². The molecular weight excluding hydrogens is 456 g/mol. The minimum atomic E-state index is -0.286. The second-order valence-corrected chi connectivity index (χ2v) is 9.39. The van der Waals surface area contributed by atoms with Crippen LogP contribution in [0, 0.1) is 0 Å². The Bertz CT molecular complexity index is 1130. The molecule has 0 aliphatic carbocycles. The molecule has 33 heavy (non-hydrogen) atoms. The van der Waals surface area contributed by atoms with E-state index in [9.17, 15) is 14.4 Å². The number of esters is 1. The summed E-state index contributed by atoms with van der Waals surface area (Å²) in [5.74, 6) is -0.771. The Morgan fingerprint density at radius 3 is 2.48 bits per heavy atom. The van der Waals surface area contributed by atoms with Crippen molar-refractivity contribution in [3.05, 3.63) is 70.6 Å². The van der Waals surface area contributed by atoms with Crippen LogP contribution in [-0.4, -0.2) is 40.2 Å². The first-order valence-corrected chi connectivity index (χ1v) is 12.1. The summed E-state index contributed by atoms with van der Waals surface area (Å²) in [4.78, 5) is 42.0. The summed E-state index contributed by atoms with van der Waals surface area (Å²) >= 11 is 6.59. The van der Waals surface area contributed by atoms with Gasteiger partial charge in [-0.25, -0.2) is 0 Å². The topological polar surface area (TPSA) is 66.9 Å². The van der Waals surface area contributed by atoms with Crippen LogP contribution in [-0.2, 0) is 25.7 Å². The van der Waals surface area contributed by atoms with Crippen LogP contribution in [0.5, 0.6) is 0 Å². The molecule has 8 heteroatoms. The number of thiocarbonyl (C=S) groups is 1. The van der Waals surface area contributed by atoms with E-state index in [0.717, 1.165) is 35.0 Å². The number of anilines is 1. The van der Waals surface area contributed by atoms with E-state index < -0.39 is 0 Å². The van der Waals surface area contributed by atoms with Crippen molar-refractivity contribution in [3.8, 4) is 0 Å². The van der Waals surface area contributed by atoms with Crippen molar-refractivity contribution in [1.82, 2.24) is 4.90 Å². The van der Waals surface area contributed by atoms with Crippen molar-refractivity contribution >= 4 is 57.3 Å². The van der Waals surface area contributed by atoms with Crippen LogP contribution in [0.2, 0.25) is 0 Å². The van der Waals surface area contributed by atoms with Crippen LogP contribution in [0.15, 0.2) is 59.5 Å². The molecule has 2 aliphatic heterocycles. The highest BCUT2D eigenvalue weighted by atomic mass is 32.2. The van der Waals surface area contributed by atoms with Gasteiger partial charge in [-0.15, -0.1) is 0 Å². The van der Waals surface area contributed by atoms with E-state index in [1.165, 1.54) is 4.90 Å². The van der Waals surface area contributed by atoms with E-state index in [0.29, 0.717) is 40.9 Å². The standard InChI is InChI=1S/C25H24N2O4S2/c1-2-15-31-20(28)13-8-14-26-24(30)22(33-25(26)32)21-18-11-6-7-12-19(18)27(23(21)29)16-17-9-4-3-5-10-17/h3-7,9-12H,2,8,13-16H2,1H3/b22-21-. The number of hydrogen-bond acceptors (Lipinski definition) is 6. The molecule has 0 spiro atoms. The van der Waals surface area contributed by atoms with E-state index >= 15 is 0 Å². The number of carbonyl (C=O) groups excluding carboxylic acids is 3. The van der Waals surface area contributed by atoms with Crippen molar-refractivity contribution in [2.45, 2.75) is 32.7 Å². The lowest BCUT2D eigenvalue weighted by molar-refractivity contribution is -0.144. The Morgan fingerprint density at radius 2 is 1.73 bits per heavy atom. The zero-order valence-electron chi connectivity index (χ0n) is 18.3. The first kappa shape index (κ1) is 23.2. The molecule has 170 valence electrons. The number of para-hydroxylation sites is 1. The number of hydrogen-bond donors (Lipinski definition) is 0. The van der Waals surface area contributed by atoms with E-state index in [4.69, 9.17) is 17.0 Å². The number of nitrogens with zero attached hydrogens (tertiary/aromatic N) is 2. The number of benzene rings is 2. The predicted octanol–water partition coefficient (Wildman–Crippen LogP) is 4.54. The Labute approximate surface area is 202 Å². The van der Waals surface area contributed by atoms with E-state index in [2.05, 4.69) is 0 Å². The maximum Gasteiger partial charge on any atom is 0.305 e. The summed E-state index contributed by atoms with van der Waals surface area (Å²) in [6, 6.07) is 17.3. The van der Waals surface area contributed by atoms with Gasteiger partial charge in [0.15, 0.2) is 0 Å². The zero-order valence-corrected chi connectivity index (χ0v) is 19.9. The molecule has 2 aliphatic rings. The molecule has 0 radical (unpaired) electrons. The van der Waals surface area contributed by atoms with Gasteiger partial charge in [0, 0.05) is 18.5 Å². The fraction of sp³-hybridized carbons (Fsp3) is 0.280. The van der Waals surface area contributed by atoms with Gasteiger partial charge in [-0.3, -0.25) is 19.3 Å². The second-order valence-electron chi connectivity index (χ2n) is 7.75. The highest BCUT2D eigenvalue weighted by Gasteiger charge is 2.41. The molecule has 0 unspecified atom stereocenters. The van der Waals surface area contributed by atoms with Gasteiger partial charge in [0.25, 0.3) is 11.8 Å². The van der Waals surface area contributed by atoms with Gasteiger partial charge in [0.05, 0.1) is 29.3 Å². The Morgan fingerprint density at radius 1 is 1.00 bits per heavy atom. The molecule has 2 amide bonds. The molecule has 0 atom stereocenters. The second kappa shape index (κ2) is 10.3. The number of rotatable bonds is 8. The van der Waals surface area contributed by atoms with Crippen LogP contribution >= 0.6 is 24.0 Å². The smallest absolute Gasteiger partial charge is 0.305 e. The van der Waals surface area contributed by atoms with Crippen LogP contribution in [0.1, 0.15) is 37.3 Å². The van der Waals surface area contributed by atoms with Crippen molar-refractivity contribution in [3.63, 3.8) is 0 Å². The molecule has 2 heterocycles. The summed E-state index contributed by atoms with van der Waals surface area (Å²) in [6.07, 6.45) is 1.43. The maximum atomic E-state index is 13.5. The summed E-state index contributed by atoms with van der Waals surface area (Å²) in [6.45, 7) is 3.06. The number of thioether (sulfide) groups is 1. The third-order valence-corrected chi connectivity index (χ3v) is 6.86. The average molecular weight is 481 g/mol. The Balaban J connectivity index is 1.55. The van der Waals surface area contributed by atoms with Gasteiger partial charge >= 0.3 is 5.97 Å². The minimum Gasteiger partial charge on any atom is -0.466 e. The molecule has 0 aromatic heterocycles. The fourth-order valence-electron chi connectivity index (χ4n) is 3.83. The van der Waals surface area contributed by atoms with Crippen LogP contribution < -0.4 is 4.90 Å². The minimum absolute atomic E-state index is 0.205. The van der Waals surface area contributed by atoms with Gasteiger partial charge in [-0.1, -0.05) is 79.4 Å². The van der Waals surface area contributed by atoms with E-state index in [1.807, 2.05) is 61.5 Å². The van der Waals surface area contributed by atoms with E-state index in [1.54, 1.807) is 4.90 Å². The predicted molar refractivity (Wildman–Crippen MR) is 133 cm³/mol. The summed E-state index contributed by atoms with van der Waals surface area (Å²) in [7, 11) is 0. The maximum absolute atomic E-state index is 13.5. The van der Waals surface area contributed by atoms with Crippen molar-refractivity contribution < 1.29 is 19.1 Å². The van der Waals surface area contributed by atoms with Gasteiger partial charge in [-0.05, 0) is 24.5 Å². The SMILES string of the molecule is CCCOC(=O)CCCN1C(=O)/C(=C2/C(=O)N(Cc3ccccc3)c3ccccc32)SC1=S. The molecule has 1 saturated heterocycles. The highest BCUT2D eigenvalue weighted by molar-refractivity contribution is 8.26. The molecule has 0 N–H and O–H groups in total. The number of fused-ring (bicyclic) bond motifs is 1. The van der Waals surface area contributed by atoms with Crippen LogP contribution in [0.4, 0.5) is 5.69 Å². The zero-order chi connectivity index (χ0) is 23.4. The largest absolute Gasteiger partial charge is 0.466 e. The summed E-state index contributed by atoms with van der Waals surface area (Å²) in [5.41, 5.74) is 2.92. The molecular formula is C25H24N2O4S2. The average Bonchev–Trinajstić information content (AvgIpc) is 3.25. The van der Waals surface area contributed by atoms with Gasteiger partial charge in [-0.2, -0.15) is 0 Å². The highest BCUT2D eigenvalue weighted by Crippen LogP contribution is 2.45. The van der Waals surface area contributed by atoms with Gasteiger partial charge < -0.3 is 9.64 Å². The number of ether oxygens (including phenoxy) is 1. The van der Waals surface area contributed by atoms with Crippen LogP contribution in [0.25, 0.3) is 5.57 Å². The lowest BCUT2D eigenvalue weighted by Gasteiger charge is -2.17. The van der Waals surface area contributed by atoms with Crippen molar-refractivity contribution in [2.75, 3.05) is 18.1 Å². The van der Waals surface area contributed by atoms with Crippen molar-refractivity contribution in [1.29, 1.82) is 0 Å². The molecule has 4 rings (SSSR count). The monoisotopic (exact) mass is 480 g/mol. The third-order valence-electron chi connectivity index (χ3n) is 5.41. The fourth-order valence-corrected chi connectivity index (χ4v) is 5.21. The molecule has 0 bridgehead atoms. The summed E-state index contributed by atoms with van der Waals surface area (Å²) in [5, 5.41) is 0. The molecule has 2 aromatic rings. The molecule has 2 aromatic carbocycles. The molecule has 0 saturated carbocycles. The van der Waals surface area contributed by atoms with Crippen molar-refractivity contribution in [2.24, 2.45) is 0 Å². The Hall–Kier alpha value is -2.97. The Kier molecular flexibility index (Phi) is 7.25. The first-order chi connectivity index (χ1) is 16.0. The lowest BCUT2D eigenvalue weighted by Crippen LogP contribution is -2.30. The summed E-state index contributed by atoms with van der Waals surface area (Å²) < 4.78 is 5.49. The normalized spacial score (nSPS) is 17.7. The number of carbonyl (C=O) groups is 3. The lowest BCUT2D eigenvalue weighted by atomic mass is 10.1.